The monoisotopic (exact) mass is 471 g/mol. The van der Waals surface area contributed by atoms with Gasteiger partial charge in [-0.25, -0.2) is 0 Å². The van der Waals surface area contributed by atoms with Gasteiger partial charge in [-0.15, -0.1) is 0 Å². The highest BCUT2D eigenvalue weighted by atomic mass is 16.5. The van der Waals surface area contributed by atoms with Crippen LogP contribution in [0.3, 0.4) is 0 Å². The van der Waals surface area contributed by atoms with Crippen molar-refractivity contribution >= 4 is 5.91 Å². The lowest BCUT2D eigenvalue weighted by Crippen LogP contribution is -2.37. The van der Waals surface area contributed by atoms with E-state index in [2.05, 4.69) is 39.0 Å². The van der Waals surface area contributed by atoms with Crippen LogP contribution in [0.4, 0.5) is 0 Å². The largest absolute Gasteiger partial charge is 0.493 e. The molecular weight excluding hydrogens is 434 g/mol. The van der Waals surface area contributed by atoms with E-state index in [4.69, 9.17) is 4.74 Å². The van der Waals surface area contributed by atoms with Gasteiger partial charge in [0.2, 0.25) is 0 Å². The summed E-state index contributed by atoms with van der Waals surface area (Å²) in [5.41, 5.74) is 5.99. The van der Waals surface area contributed by atoms with E-state index in [0.29, 0.717) is 23.5 Å². The van der Waals surface area contributed by atoms with Crippen LogP contribution in [0.5, 0.6) is 5.75 Å². The summed E-state index contributed by atoms with van der Waals surface area (Å²) in [6, 6.07) is 21.6. The maximum Gasteiger partial charge on any atom is 0.256 e. The smallest absolute Gasteiger partial charge is 0.256 e. The Kier molecular flexibility index (Phi) is 8.25. The number of hydrogen-bond donors (Lipinski definition) is 1. The molecule has 3 aromatic rings. The van der Waals surface area contributed by atoms with Crippen LogP contribution in [-0.4, -0.2) is 28.6 Å². The van der Waals surface area contributed by atoms with E-state index in [9.17, 15) is 9.90 Å². The van der Waals surface area contributed by atoms with Crippen LogP contribution >= 0.6 is 0 Å². The van der Waals surface area contributed by atoms with Crippen molar-refractivity contribution in [3.8, 4) is 16.9 Å². The molecule has 4 nitrogen and oxygen atoms in total. The van der Waals surface area contributed by atoms with Crippen LogP contribution in [-0.2, 0) is 0 Å². The number of aliphatic hydroxyl groups is 1. The zero-order valence-electron chi connectivity index (χ0n) is 21.2. The zero-order valence-corrected chi connectivity index (χ0v) is 21.2. The van der Waals surface area contributed by atoms with Gasteiger partial charge in [0.15, 0.2) is 6.23 Å². The van der Waals surface area contributed by atoms with Crippen molar-refractivity contribution in [2.45, 2.75) is 71.6 Å². The number of benzene rings is 3. The maximum atomic E-state index is 13.6. The average molecular weight is 472 g/mol. The summed E-state index contributed by atoms with van der Waals surface area (Å²) in [5, 5.41) is 11.4. The number of hydrogen-bond acceptors (Lipinski definition) is 3. The first-order chi connectivity index (χ1) is 17.0. The van der Waals surface area contributed by atoms with E-state index in [-0.39, 0.29) is 11.9 Å². The third-order valence-electron chi connectivity index (χ3n) is 6.94. The number of ether oxygens (including phenoxy) is 1. The summed E-state index contributed by atoms with van der Waals surface area (Å²) in [4.78, 5) is 15.2. The van der Waals surface area contributed by atoms with E-state index >= 15 is 0 Å². The molecule has 3 aromatic carbocycles. The molecule has 4 rings (SSSR count). The molecule has 0 radical (unpaired) electrons. The van der Waals surface area contributed by atoms with Crippen molar-refractivity contribution in [3.05, 3.63) is 89.0 Å². The van der Waals surface area contributed by atoms with E-state index in [0.717, 1.165) is 31.2 Å². The molecule has 0 spiro atoms. The highest BCUT2D eigenvalue weighted by Crippen LogP contribution is 2.37. The second kappa shape index (κ2) is 11.5. The van der Waals surface area contributed by atoms with Gasteiger partial charge in [-0.1, -0.05) is 74.7 Å². The fourth-order valence-corrected chi connectivity index (χ4v) is 4.52. The van der Waals surface area contributed by atoms with Crippen molar-refractivity contribution in [2.24, 2.45) is 0 Å². The molecule has 1 aliphatic rings. The van der Waals surface area contributed by atoms with Gasteiger partial charge in [0.25, 0.3) is 5.91 Å². The molecular formula is C31H37NO3. The molecule has 0 saturated heterocycles. The number of unbranched alkanes of at least 4 members (excludes halogenated alkanes) is 3. The Balaban J connectivity index is 1.52. The van der Waals surface area contributed by atoms with Crippen LogP contribution in [0.2, 0.25) is 0 Å². The number of nitrogens with zero attached hydrogens (tertiary/aromatic N) is 1. The van der Waals surface area contributed by atoms with Crippen LogP contribution in [0, 0.1) is 13.8 Å². The number of rotatable bonds is 11. The fraction of sp³-hybridized carbons (Fsp3) is 0.387. The number of carbonyl (C=O) groups excluding carboxylic acids is 1. The van der Waals surface area contributed by atoms with Crippen LogP contribution < -0.4 is 4.74 Å². The number of para-hydroxylation sites is 1. The first kappa shape index (κ1) is 25.0. The minimum atomic E-state index is -1.04. The Hall–Kier alpha value is -3.11. The van der Waals surface area contributed by atoms with E-state index < -0.39 is 6.23 Å². The van der Waals surface area contributed by atoms with Crippen molar-refractivity contribution in [1.82, 2.24) is 4.90 Å². The van der Waals surface area contributed by atoms with Crippen molar-refractivity contribution < 1.29 is 14.6 Å². The van der Waals surface area contributed by atoms with Crippen LogP contribution in [0.1, 0.15) is 78.7 Å². The summed E-state index contributed by atoms with van der Waals surface area (Å²) < 4.78 is 6.03. The highest BCUT2D eigenvalue weighted by Gasteiger charge is 2.38. The van der Waals surface area contributed by atoms with Gasteiger partial charge < -0.3 is 14.7 Å². The maximum absolute atomic E-state index is 13.6. The third-order valence-corrected chi connectivity index (χ3v) is 6.94. The molecule has 1 aliphatic carbocycles. The molecule has 1 fully saturated rings. The Bertz CT molecular complexity index is 1130. The topological polar surface area (TPSA) is 49.8 Å². The summed E-state index contributed by atoms with van der Waals surface area (Å²) in [6.07, 6.45) is 5.26. The number of carbonyl (C=O) groups is 1. The molecule has 1 N–H and O–H groups in total. The molecule has 0 aliphatic heterocycles. The minimum Gasteiger partial charge on any atom is -0.493 e. The van der Waals surface area contributed by atoms with Gasteiger partial charge >= 0.3 is 0 Å². The van der Waals surface area contributed by atoms with Crippen LogP contribution in [0.25, 0.3) is 11.1 Å². The predicted octanol–water partition coefficient (Wildman–Crippen LogP) is 7.23. The lowest BCUT2D eigenvalue weighted by atomic mass is 9.96. The number of aliphatic hydroxyl groups excluding tert-OH is 1. The molecule has 0 heterocycles. The second-order valence-electron chi connectivity index (χ2n) is 9.59. The summed E-state index contributed by atoms with van der Waals surface area (Å²) >= 11 is 0. The van der Waals surface area contributed by atoms with Gasteiger partial charge in [0.1, 0.15) is 5.75 Å². The summed E-state index contributed by atoms with van der Waals surface area (Å²) in [5.74, 6) is 0.505. The zero-order chi connectivity index (χ0) is 24.8. The summed E-state index contributed by atoms with van der Waals surface area (Å²) in [6.45, 7) is 7.03. The SMILES string of the molecule is CCCCCCOc1ccccc1C(O)N(C(=O)c1ccc(-c2cccc(C)c2C)cc1)C1CC1. The summed E-state index contributed by atoms with van der Waals surface area (Å²) in [7, 11) is 0. The quantitative estimate of drug-likeness (QED) is 0.237. The standard InChI is InChI=1S/C31H37NO3/c1-4-5-6-9-21-35-29-14-8-7-12-28(29)31(34)32(26-19-20-26)30(33)25-17-15-24(16-18-25)27-13-10-11-22(2)23(27)3/h7-8,10-18,26,31,34H,4-6,9,19-21H2,1-3H3. The lowest BCUT2D eigenvalue weighted by Gasteiger charge is -2.29. The Morgan fingerprint density at radius 3 is 2.43 bits per heavy atom. The number of aryl methyl sites for hydroxylation is 1. The predicted molar refractivity (Wildman–Crippen MR) is 142 cm³/mol. The van der Waals surface area contributed by atoms with E-state index in [1.165, 1.54) is 29.5 Å². The van der Waals surface area contributed by atoms with Crippen molar-refractivity contribution in [2.75, 3.05) is 6.61 Å². The molecule has 1 amide bonds. The van der Waals surface area contributed by atoms with Gasteiger partial charge in [0.05, 0.1) is 6.61 Å². The van der Waals surface area contributed by atoms with Gasteiger partial charge in [0, 0.05) is 17.2 Å². The number of amides is 1. The van der Waals surface area contributed by atoms with Crippen molar-refractivity contribution in [3.63, 3.8) is 0 Å². The molecule has 184 valence electrons. The first-order valence-corrected chi connectivity index (χ1v) is 12.9. The minimum absolute atomic E-state index is 0.0498. The first-order valence-electron chi connectivity index (χ1n) is 12.9. The second-order valence-corrected chi connectivity index (χ2v) is 9.59. The van der Waals surface area contributed by atoms with Gasteiger partial charge in [-0.2, -0.15) is 0 Å². The van der Waals surface area contributed by atoms with Crippen molar-refractivity contribution in [1.29, 1.82) is 0 Å². The molecule has 1 saturated carbocycles. The van der Waals surface area contributed by atoms with Gasteiger partial charge in [-0.3, -0.25) is 4.79 Å². The van der Waals surface area contributed by atoms with E-state index in [1.54, 1.807) is 4.90 Å². The Morgan fingerprint density at radius 1 is 0.971 bits per heavy atom. The molecule has 4 heteroatoms. The molecule has 1 unspecified atom stereocenters. The Morgan fingerprint density at radius 2 is 1.71 bits per heavy atom. The molecule has 35 heavy (non-hydrogen) atoms. The third kappa shape index (κ3) is 5.94. The fourth-order valence-electron chi connectivity index (χ4n) is 4.52. The molecule has 1 atom stereocenters. The Labute approximate surface area is 209 Å². The molecule has 0 bridgehead atoms. The average Bonchev–Trinajstić information content (AvgIpc) is 3.71. The van der Waals surface area contributed by atoms with Gasteiger partial charge in [-0.05, 0) is 73.6 Å². The normalized spacial score (nSPS) is 13.9. The highest BCUT2D eigenvalue weighted by molar-refractivity contribution is 5.95. The lowest BCUT2D eigenvalue weighted by molar-refractivity contribution is 0.000930. The molecule has 0 aromatic heterocycles. The van der Waals surface area contributed by atoms with E-state index in [1.807, 2.05) is 48.5 Å². The van der Waals surface area contributed by atoms with Crippen LogP contribution in [0.15, 0.2) is 66.7 Å².